The third-order valence-corrected chi connectivity index (χ3v) is 7.83. The van der Waals surface area contributed by atoms with Gasteiger partial charge in [0.05, 0.1) is 11.5 Å². The number of hydrogen-bond acceptors (Lipinski definition) is 1. The second kappa shape index (κ2) is 13.1. The number of alkyl halides is 5. The van der Waals surface area contributed by atoms with Crippen molar-refractivity contribution < 1.29 is 31.1 Å². The molecule has 0 atom stereocenters. The van der Waals surface area contributed by atoms with Crippen LogP contribution in [0.4, 0.5) is 26.3 Å². The lowest BCUT2D eigenvalue weighted by Crippen LogP contribution is -2.37. The number of ether oxygens (including phenoxy) is 1. The van der Waals surface area contributed by atoms with E-state index >= 15 is 0 Å². The molecule has 40 heavy (non-hydrogen) atoms. The molecular weight excluding hydrogens is 526 g/mol. The average molecular weight is 561 g/mol. The molecule has 0 amide bonds. The van der Waals surface area contributed by atoms with Crippen LogP contribution in [0, 0.1) is 53.2 Å². The van der Waals surface area contributed by atoms with Crippen LogP contribution in [0.1, 0.15) is 81.4 Å². The van der Waals surface area contributed by atoms with E-state index in [2.05, 4.69) is 59.6 Å². The van der Waals surface area contributed by atoms with Crippen molar-refractivity contribution >= 4 is 0 Å². The molecule has 2 aliphatic carbocycles. The fraction of sp³-hybridized carbons (Fsp3) is 0.515. The van der Waals surface area contributed by atoms with Gasteiger partial charge in [-0.3, -0.25) is 0 Å². The van der Waals surface area contributed by atoms with E-state index in [1.165, 1.54) is 5.56 Å². The summed E-state index contributed by atoms with van der Waals surface area (Å²) < 4.78 is 86.0. The minimum Gasteiger partial charge on any atom is -0.432 e. The van der Waals surface area contributed by atoms with Crippen molar-refractivity contribution in [1.29, 1.82) is 0 Å². The summed E-state index contributed by atoms with van der Waals surface area (Å²) in [6.07, 6.45) is -1.00. The van der Waals surface area contributed by atoms with E-state index in [9.17, 15) is 26.3 Å². The lowest BCUT2D eigenvalue weighted by molar-refractivity contribution is -0.222. The summed E-state index contributed by atoms with van der Waals surface area (Å²) >= 11 is 0. The Bertz CT molecular complexity index is 1240. The lowest BCUT2D eigenvalue weighted by atomic mass is 9.80. The second-order valence-corrected chi connectivity index (χ2v) is 10.9. The highest BCUT2D eigenvalue weighted by Gasteiger charge is 2.44. The Labute approximate surface area is 232 Å². The van der Waals surface area contributed by atoms with E-state index in [4.69, 9.17) is 0 Å². The molecule has 2 saturated carbocycles. The molecule has 2 fully saturated rings. The number of rotatable bonds is 5. The van der Waals surface area contributed by atoms with E-state index in [-0.39, 0.29) is 18.8 Å². The lowest BCUT2D eigenvalue weighted by Gasteiger charge is -2.32. The zero-order chi connectivity index (χ0) is 28.8. The van der Waals surface area contributed by atoms with Crippen molar-refractivity contribution in [1.82, 2.24) is 0 Å². The number of benzene rings is 2. The molecule has 0 N–H and O–H groups in total. The molecule has 0 aliphatic heterocycles. The summed E-state index contributed by atoms with van der Waals surface area (Å²) in [6, 6.07) is 9.95. The molecule has 4 rings (SSSR count). The van der Waals surface area contributed by atoms with Gasteiger partial charge in [0.25, 0.3) is 0 Å². The highest BCUT2D eigenvalue weighted by atomic mass is 19.4. The summed E-state index contributed by atoms with van der Waals surface area (Å²) in [5.74, 6) is 10.7. The molecule has 0 unspecified atom stereocenters. The van der Waals surface area contributed by atoms with Crippen molar-refractivity contribution in [3.63, 3.8) is 0 Å². The number of aryl methyl sites for hydroxylation is 1. The molecule has 0 heterocycles. The second-order valence-electron chi connectivity index (χ2n) is 10.9. The summed E-state index contributed by atoms with van der Waals surface area (Å²) in [5.41, 5.74) is 0.856. The molecule has 0 bridgehead atoms. The van der Waals surface area contributed by atoms with E-state index in [1.54, 1.807) is 0 Å². The van der Waals surface area contributed by atoms with Gasteiger partial charge in [0, 0.05) is 29.4 Å². The van der Waals surface area contributed by atoms with Gasteiger partial charge in [0.2, 0.25) is 0 Å². The number of halogens is 6. The monoisotopic (exact) mass is 560 g/mol. The zero-order valence-electron chi connectivity index (χ0n) is 22.6. The topological polar surface area (TPSA) is 9.23 Å². The van der Waals surface area contributed by atoms with Gasteiger partial charge >= 0.3 is 12.3 Å². The quantitative estimate of drug-likeness (QED) is 0.261. The first-order valence-corrected chi connectivity index (χ1v) is 14.1. The van der Waals surface area contributed by atoms with E-state index < -0.39 is 35.3 Å². The summed E-state index contributed by atoms with van der Waals surface area (Å²) in [6.45, 7) is 2.17. The van der Waals surface area contributed by atoms with Gasteiger partial charge in [-0.25, -0.2) is 4.39 Å². The molecule has 0 radical (unpaired) electrons. The molecule has 2 aliphatic rings. The third kappa shape index (κ3) is 8.23. The van der Waals surface area contributed by atoms with Gasteiger partial charge < -0.3 is 4.74 Å². The summed E-state index contributed by atoms with van der Waals surface area (Å²) in [7, 11) is 0. The molecule has 2 aromatic rings. The largest absolute Gasteiger partial charge is 0.432 e. The smallest absolute Gasteiger partial charge is 0.419 e. The van der Waals surface area contributed by atoms with Crippen molar-refractivity contribution in [3.05, 3.63) is 65.0 Å². The standard InChI is InChI=1S/C33H34F6O/c1-2-3-23-4-6-24(7-5-23)8-9-25-10-12-26(13-11-25)14-15-27-16-18-28(19-17-27)33(38,39)40-29-20-21-30(31(34)22-29)32(35,36)37/h4-7,20-22,25-28H,2-3,10-13,16-19H2,1H3. The SMILES string of the molecule is CCCc1ccc(C#CC2CCC(C#CC3CCC(C(F)(F)Oc4ccc(C(F)(F)F)c(F)c4)CC3)CC2)cc1. The minimum absolute atomic E-state index is 0.0313. The van der Waals surface area contributed by atoms with Crippen molar-refractivity contribution in [3.8, 4) is 29.4 Å². The normalized spacial score (nSPS) is 23.4. The first-order valence-electron chi connectivity index (χ1n) is 14.1. The van der Waals surface area contributed by atoms with Crippen LogP contribution >= 0.6 is 0 Å². The van der Waals surface area contributed by atoms with Gasteiger partial charge in [-0.15, -0.1) is 0 Å². The van der Waals surface area contributed by atoms with Crippen LogP contribution in [0.2, 0.25) is 0 Å². The summed E-state index contributed by atoms with van der Waals surface area (Å²) in [4.78, 5) is 0. The van der Waals surface area contributed by atoms with Crippen LogP contribution in [-0.4, -0.2) is 6.11 Å². The highest BCUT2D eigenvalue weighted by Crippen LogP contribution is 2.41. The van der Waals surface area contributed by atoms with E-state index in [1.807, 2.05) is 0 Å². The Morgan fingerprint density at radius 2 is 1.30 bits per heavy atom. The van der Waals surface area contributed by atoms with Gasteiger partial charge in [-0.1, -0.05) is 49.2 Å². The molecule has 1 nitrogen and oxygen atoms in total. The van der Waals surface area contributed by atoms with Crippen LogP contribution in [0.15, 0.2) is 42.5 Å². The molecule has 214 valence electrons. The Kier molecular flexibility index (Phi) is 9.77. The van der Waals surface area contributed by atoms with Crippen molar-refractivity contribution in [2.75, 3.05) is 0 Å². The maximum absolute atomic E-state index is 14.7. The highest BCUT2D eigenvalue weighted by molar-refractivity contribution is 5.37. The van der Waals surface area contributed by atoms with Gasteiger partial charge in [-0.05, 0) is 87.6 Å². The predicted octanol–water partition coefficient (Wildman–Crippen LogP) is 9.44. The van der Waals surface area contributed by atoms with Crippen LogP contribution < -0.4 is 4.74 Å². The van der Waals surface area contributed by atoms with Crippen LogP contribution in [0.3, 0.4) is 0 Å². The van der Waals surface area contributed by atoms with Gasteiger partial charge in [0.15, 0.2) is 0 Å². The fourth-order valence-corrected chi connectivity index (χ4v) is 5.45. The third-order valence-electron chi connectivity index (χ3n) is 7.83. The Hall–Kier alpha value is -3.06. The molecule has 2 aromatic carbocycles. The molecule has 0 aromatic heterocycles. The fourth-order valence-electron chi connectivity index (χ4n) is 5.45. The Morgan fingerprint density at radius 3 is 1.82 bits per heavy atom. The van der Waals surface area contributed by atoms with E-state index in [0.717, 1.165) is 50.2 Å². The molecule has 0 saturated heterocycles. The molecule has 0 spiro atoms. The van der Waals surface area contributed by atoms with Gasteiger partial charge in [0.1, 0.15) is 11.6 Å². The maximum Gasteiger partial charge on any atom is 0.419 e. The van der Waals surface area contributed by atoms with Crippen molar-refractivity contribution in [2.45, 2.75) is 83.4 Å². The molecular formula is C33H34F6O. The van der Waals surface area contributed by atoms with Crippen molar-refractivity contribution in [2.24, 2.45) is 23.7 Å². The first kappa shape index (κ1) is 29.9. The van der Waals surface area contributed by atoms with E-state index in [0.29, 0.717) is 36.8 Å². The van der Waals surface area contributed by atoms with Crippen LogP contribution in [0.5, 0.6) is 5.75 Å². The average Bonchev–Trinajstić information content (AvgIpc) is 2.91. The Morgan fingerprint density at radius 1 is 0.750 bits per heavy atom. The summed E-state index contributed by atoms with van der Waals surface area (Å²) in [5, 5.41) is 0. The van der Waals surface area contributed by atoms with Crippen LogP contribution in [0.25, 0.3) is 0 Å². The predicted molar refractivity (Wildman–Crippen MR) is 143 cm³/mol. The Balaban J connectivity index is 1.22. The minimum atomic E-state index is -4.90. The first-order chi connectivity index (χ1) is 19.0. The zero-order valence-corrected chi connectivity index (χ0v) is 22.6. The molecule has 7 heteroatoms. The van der Waals surface area contributed by atoms with Gasteiger partial charge in [-0.2, -0.15) is 22.0 Å². The number of hydrogen-bond donors (Lipinski definition) is 0. The maximum atomic E-state index is 14.7. The van der Waals surface area contributed by atoms with Crippen LogP contribution in [-0.2, 0) is 12.6 Å².